The van der Waals surface area contributed by atoms with Crippen molar-refractivity contribution in [3.05, 3.63) is 106 Å². The molecule has 0 unspecified atom stereocenters. The molecule has 0 bridgehead atoms. The molecular formula is C28H28N2O2S. The van der Waals surface area contributed by atoms with Crippen LogP contribution in [0.25, 0.3) is 10.8 Å². The van der Waals surface area contributed by atoms with E-state index < -0.39 is 0 Å². The molecular weight excluding hydrogens is 428 g/mol. The maximum absolute atomic E-state index is 13.4. The first-order valence-corrected chi connectivity index (χ1v) is 12.1. The van der Waals surface area contributed by atoms with Crippen molar-refractivity contribution in [3.8, 4) is 0 Å². The quantitative estimate of drug-likeness (QED) is 0.311. The van der Waals surface area contributed by atoms with Gasteiger partial charge in [-0.1, -0.05) is 73.7 Å². The lowest BCUT2D eigenvalue weighted by atomic mass is 10.1. The van der Waals surface area contributed by atoms with Crippen LogP contribution in [0.2, 0.25) is 0 Å². The molecule has 4 nitrogen and oxygen atoms in total. The predicted molar refractivity (Wildman–Crippen MR) is 135 cm³/mol. The number of nitrogens with zero attached hydrogens (tertiary/aromatic N) is 2. The molecule has 5 heteroatoms. The number of fused-ring (bicyclic) bond motifs is 1. The number of benzene rings is 3. The van der Waals surface area contributed by atoms with Gasteiger partial charge in [0.05, 0.1) is 6.54 Å². The molecule has 0 radical (unpaired) electrons. The lowest BCUT2D eigenvalue weighted by Crippen LogP contribution is -2.42. The summed E-state index contributed by atoms with van der Waals surface area (Å²) in [5.74, 6) is -0.151. The summed E-state index contributed by atoms with van der Waals surface area (Å²) in [6.45, 7) is 3.68. The highest BCUT2D eigenvalue weighted by Gasteiger charge is 2.23. The van der Waals surface area contributed by atoms with Gasteiger partial charge in [0, 0.05) is 23.5 Å². The Hall–Kier alpha value is -3.44. The van der Waals surface area contributed by atoms with Crippen LogP contribution in [0.5, 0.6) is 0 Å². The maximum Gasteiger partial charge on any atom is 0.254 e. The summed E-state index contributed by atoms with van der Waals surface area (Å²) >= 11 is 1.64. The normalized spacial score (nSPS) is 10.8. The van der Waals surface area contributed by atoms with Crippen LogP contribution in [0.3, 0.4) is 0 Å². The largest absolute Gasteiger partial charge is 0.332 e. The zero-order valence-electron chi connectivity index (χ0n) is 18.8. The van der Waals surface area contributed by atoms with Crippen LogP contribution in [-0.4, -0.2) is 34.7 Å². The van der Waals surface area contributed by atoms with Crippen LogP contribution >= 0.6 is 11.3 Å². The molecule has 4 rings (SSSR count). The first-order valence-electron chi connectivity index (χ1n) is 11.3. The number of hydrogen-bond acceptors (Lipinski definition) is 3. The third-order valence-electron chi connectivity index (χ3n) is 5.60. The van der Waals surface area contributed by atoms with Crippen molar-refractivity contribution >= 4 is 33.9 Å². The Bertz CT molecular complexity index is 1210. The van der Waals surface area contributed by atoms with Gasteiger partial charge in [-0.2, -0.15) is 0 Å². The Morgan fingerprint density at radius 1 is 0.788 bits per heavy atom. The van der Waals surface area contributed by atoms with Crippen LogP contribution < -0.4 is 0 Å². The molecule has 0 saturated heterocycles. The van der Waals surface area contributed by atoms with Crippen molar-refractivity contribution in [1.82, 2.24) is 9.80 Å². The number of carbonyl (C=O) groups is 2. The summed E-state index contributed by atoms with van der Waals surface area (Å²) in [6, 6.07) is 27.8. The summed E-state index contributed by atoms with van der Waals surface area (Å²) in [5, 5.41) is 4.14. The summed E-state index contributed by atoms with van der Waals surface area (Å²) in [7, 11) is 0. The Labute approximate surface area is 199 Å². The first-order chi connectivity index (χ1) is 16.1. The van der Waals surface area contributed by atoms with Crippen molar-refractivity contribution in [3.63, 3.8) is 0 Å². The molecule has 1 heterocycles. The van der Waals surface area contributed by atoms with Gasteiger partial charge in [0.25, 0.3) is 5.91 Å². The van der Waals surface area contributed by atoms with Crippen LogP contribution in [0.1, 0.15) is 34.1 Å². The van der Waals surface area contributed by atoms with Crippen molar-refractivity contribution in [2.24, 2.45) is 0 Å². The van der Waals surface area contributed by atoms with Crippen LogP contribution in [0.4, 0.5) is 0 Å². The Kier molecular flexibility index (Phi) is 7.53. The molecule has 0 N–H and O–H groups in total. The summed E-state index contributed by atoms with van der Waals surface area (Å²) in [6.07, 6.45) is 0.788. The molecule has 0 aliphatic heterocycles. The number of rotatable bonds is 9. The van der Waals surface area contributed by atoms with E-state index >= 15 is 0 Å². The molecule has 0 spiro atoms. The van der Waals surface area contributed by atoms with Crippen LogP contribution in [0.15, 0.2) is 90.3 Å². The van der Waals surface area contributed by atoms with Gasteiger partial charge in [-0.05, 0) is 46.3 Å². The van der Waals surface area contributed by atoms with Gasteiger partial charge in [-0.25, -0.2) is 0 Å². The minimum Gasteiger partial charge on any atom is -0.332 e. The highest BCUT2D eigenvalue weighted by Crippen LogP contribution is 2.19. The van der Waals surface area contributed by atoms with Crippen molar-refractivity contribution in [1.29, 1.82) is 0 Å². The van der Waals surface area contributed by atoms with Gasteiger partial charge in [0.15, 0.2) is 0 Å². The Balaban J connectivity index is 1.54. The van der Waals surface area contributed by atoms with Gasteiger partial charge >= 0.3 is 0 Å². The van der Waals surface area contributed by atoms with Gasteiger partial charge in [-0.3, -0.25) is 9.59 Å². The second kappa shape index (κ2) is 10.9. The highest BCUT2D eigenvalue weighted by molar-refractivity contribution is 7.09. The Morgan fingerprint density at radius 2 is 1.55 bits per heavy atom. The third kappa shape index (κ3) is 5.88. The highest BCUT2D eigenvalue weighted by atomic mass is 32.1. The van der Waals surface area contributed by atoms with Crippen molar-refractivity contribution in [2.45, 2.75) is 26.4 Å². The van der Waals surface area contributed by atoms with E-state index in [9.17, 15) is 9.59 Å². The van der Waals surface area contributed by atoms with Crippen molar-refractivity contribution < 1.29 is 9.59 Å². The van der Waals surface area contributed by atoms with E-state index in [1.54, 1.807) is 16.2 Å². The number of amides is 2. The van der Waals surface area contributed by atoms with E-state index in [-0.39, 0.29) is 18.4 Å². The smallest absolute Gasteiger partial charge is 0.254 e. The molecule has 33 heavy (non-hydrogen) atoms. The minimum absolute atomic E-state index is 0.0464. The Morgan fingerprint density at radius 3 is 2.27 bits per heavy atom. The first kappa shape index (κ1) is 22.7. The second-order valence-corrected chi connectivity index (χ2v) is 9.14. The topological polar surface area (TPSA) is 40.6 Å². The fraction of sp³-hybridized carbons (Fsp3) is 0.214. The van der Waals surface area contributed by atoms with E-state index in [0.717, 1.165) is 27.6 Å². The average Bonchev–Trinajstić information content (AvgIpc) is 3.36. The summed E-state index contributed by atoms with van der Waals surface area (Å²) in [4.78, 5) is 31.5. The van der Waals surface area contributed by atoms with Crippen LogP contribution in [0, 0.1) is 0 Å². The maximum atomic E-state index is 13.4. The molecule has 0 saturated carbocycles. The minimum atomic E-state index is -0.105. The SMILES string of the molecule is CCCN(CC(=O)N(Cc1ccccc1)Cc1cccs1)C(=O)c1ccc2ccccc2c1. The van der Waals surface area contributed by atoms with E-state index in [4.69, 9.17) is 0 Å². The zero-order valence-corrected chi connectivity index (χ0v) is 19.6. The zero-order chi connectivity index (χ0) is 23.0. The molecule has 1 aromatic heterocycles. The number of carbonyl (C=O) groups excluding carboxylic acids is 2. The molecule has 0 atom stereocenters. The van der Waals surface area contributed by atoms with Gasteiger partial charge in [0.1, 0.15) is 6.54 Å². The molecule has 0 fully saturated rings. The molecule has 4 aromatic rings. The molecule has 0 aliphatic rings. The number of thiophene rings is 1. The summed E-state index contributed by atoms with van der Waals surface area (Å²) in [5.41, 5.74) is 1.69. The predicted octanol–water partition coefficient (Wildman–Crippen LogP) is 5.98. The van der Waals surface area contributed by atoms with E-state index in [2.05, 4.69) is 0 Å². The van der Waals surface area contributed by atoms with E-state index in [0.29, 0.717) is 25.2 Å². The van der Waals surface area contributed by atoms with Gasteiger partial charge in [-0.15, -0.1) is 11.3 Å². The lowest BCUT2D eigenvalue weighted by molar-refractivity contribution is -0.133. The molecule has 168 valence electrons. The molecule has 0 aliphatic carbocycles. The van der Waals surface area contributed by atoms with Crippen molar-refractivity contribution in [2.75, 3.05) is 13.1 Å². The standard InChI is InChI=1S/C28H28N2O2S/c1-2-16-29(28(32)25-15-14-23-11-6-7-12-24(23)18-25)21-27(31)30(20-26-13-8-17-33-26)19-22-9-4-3-5-10-22/h3-15,17-18H,2,16,19-21H2,1H3. The molecule has 2 amide bonds. The number of hydrogen-bond donors (Lipinski definition) is 0. The van der Waals surface area contributed by atoms with Crippen LogP contribution in [-0.2, 0) is 17.9 Å². The van der Waals surface area contributed by atoms with Gasteiger partial charge < -0.3 is 9.80 Å². The fourth-order valence-corrected chi connectivity index (χ4v) is 4.64. The fourth-order valence-electron chi connectivity index (χ4n) is 3.92. The second-order valence-electron chi connectivity index (χ2n) is 8.10. The average molecular weight is 457 g/mol. The monoisotopic (exact) mass is 456 g/mol. The van der Waals surface area contributed by atoms with E-state index in [1.807, 2.05) is 102 Å². The van der Waals surface area contributed by atoms with E-state index in [1.165, 1.54) is 0 Å². The molecule has 3 aromatic carbocycles. The third-order valence-corrected chi connectivity index (χ3v) is 6.46. The summed E-state index contributed by atoms with van der Waals surface area (Å²) < 4.78 is 0. The lowest BCUT2D eigenvalue weighted by Gasteiger charge is -2.27. The van der Waals surface area contributed by atoms with Gasteiger partial charge in [0.2, 0.25) is 5.91 Å².